The molecular formula is C20H24N4. The fourth-order valence-electron chi connectivity index (χ4n) is 3.57. The van der Waals surface area contributed by atoms with Crippen molar-refractivity contribution in [2.75, 3.05) is 13.1 Å². The number of likely N-dealkylation sites (tertiary alicyclic amines) is 1. The second-order valence-electron chi connectivity index (χ2n) is 6.72. The van der Waals surface area contributed by atoms with Gasteiger partial charge in [-0.25, -0.2) is 4.98 Å². The number of nitrogens with one attached hydrogen (secondary N) is 1. The molecule has 0 spiro atoms. The molecule has 0 radical (unpaired) electrons. The number of fused-ring (bicyclic) bond motifs is 1. The van der Waals surface area contributed by atoms with Crippen LogP contribution in [-0.2, 0) is 13.1 Å². The molecule has 0 aliphatic carbocycles. The van der Waals surface area contributed by atoms with Crippen molar-refractivity contribution in [1.29, 1.82) is 0 Å². The van der Waals surface area contributed by atoms with Gasteiger partial charge in [0.05, 0.1) is 11.9 Å². The third-order valence-electron chi connectivity index (χ3n) is 4.90. The molecule has 24 heavy (non-hydrogen) atoms. The zero-order chi connectivity index (χ0) is 16.4. The fraction of sp³-hybridized carbons (Fsp3) is 0.350. The number of rotatable bonds is 5. The monoisotopic (exact) mass is 320 g/mol. The van der Waals surface area contributed by atoms with Gasteiger partial charge in [0.15, 0.2) is 0 Å². The summed E-state index contributed by atoms with van der Waals surface area (Å²) in [6, 6.07) is 15.5. The number of nitrogens with zero attached hydrogens (tertiary/aromatic N) is 3. The van der Waals surface area contributed by atoms with E-state index < -0.39 is 0 Å². The van der Waals surface area contributed by atoms with Crippen molar-refractivity contribution in [3.8, 4) is 0 Å². The van der Waals surface area contributed by atoms with Crippen LogP contribution >= 0.6 is 0 Å². The molecule has 1 fully saturated rings. The lowest BCUT2D eigenvalue weighted by atomic mass is 10.2. The van der Waals surface area contributed by atoms with Gasteiger partial charge in [-0.05, 0) is 30.5 Å². The lowest BCUT2D eigenvalue weighted by Gasteiger charge is -2.16. The molecule has 3 heterocycles. The fourth-order valence-corrected chi connectivity index (χ4v) is 3.57. The lowest BCUT2D eigenvalue weighted by molar-refractivity contribution is 0.319. The molecule has 0 saturated carbocycles. The van der Waals surface area contributed by atoms with E-state index >= 15 is 0 Å². The minimum Gasteiger partial charge on any atom is -0.307 e. The Balaban J connectivity index is 1.34. The molecule has 1 saturated heterocycles. The summed E-state index contributed by atoms with van der Waals surface area (Å²) in [6.45, 7) is 6.31. The number of benzene rings is 1. The van der Waals surface area contributed by atoms with Crippen molar-refractivity contribution in [2.45, 2.75) is 32.5 Å². The Hall–Kier alpha value is -2.17. The first-order valence-electron chi connectivity index (χ1n) is 8.71. The van der Waals surface area contributed by atoms with E-state index in [1.807, 2.05) is 6.20 Å². The van der Waals surface area contributed by atoms with E-state index in [1.54, 1.807) is 0 Å². The van der Waals surface area contributed by atoms with E-state index in [0.717, 1.165) is 25.3 Å². The van der Waals surface area contributed by atoms with Crippen LogP contribution in [0.4, 0.5) is 0 Å². The van der Waals surface area contributed by atoms with Gasteiger partial charge < -0.3 is 9.72 Å². The van der Waals surface area contributed by atoms with Crippen LogP contribution in [0.15, 0.2) is 54.9 Å². The first kappa shape index (κ1) is 15.4. The Kier molecular flexibility index (Phi) is 4.32. The van der Waals surface area contributed by atoms with Gasteiger partial charge in [-0.1, -0.05) is 36.4 Å². The smallest absolute Gasteiger partial charge is 0.139 e. The Morgan fingerprint density at radius 3 is 2.92 bits per heavy atom. The molecule has 4 rings (SSSR count). The third kappa shape index (κ3) is 3.21. The van der Waals surface area contributed by atoms with Crippen molar-refractivity contribution in [3.63, 3.8) is 0 Å². The van der Waals surface area contributed by atoms with Crippen molar-refractivity contribution >= 4 is 5.65 Å². The minimum absolute atomic E-state index is 0.559. The van der Waals surface area contributed by atoms with Gasteiger partial charge in [0, 0.05) is 38.4 Å². The van der Waals surface area contributed by atoms with Crippen LogP contribution in [0.25, 0.3) is 5.65 Å². The first-order valence-corrected chi connectivity index (χ1v) is 8.71. The molecule has 1 aliphatic rings. The van der Waals surface area contributed by atoms with Gasteiger partial charge >= 0.3 is 0 Å². The maximum atomic E-state index is 4.55. The third-order valence-corrected chi connectivity index (χ3v) is 4.90. The molecule has 0 bridgehead atoms. The predicted octanol–water partition coefficient (Wildman–Crippen LogP) is 3.01. The average Bonchev–Trinajstić information content (AvgIpc) is 3.21. The maximum absolute atomic E-state index is 4.55. The summed E-state index contributed by atoms with van der Waals surface area (Å²) in [7, 11) is 0. The Labute approximate surface area is 143 Å². The Bertz CT molecular complexity index is 809. The predicted molar refractivity (Wildman–Crippen MR) is 96.9 cm³/mol. The van der Waals surface area contributed by atoms with Crippen molar-refractivity contribution < 1.29 is 0 Å². The molecule has 1 N–H and O–H groups in total. The topological polar surface area (TPSA) is 32.6 Å². The summed E-state index contributed by atoms with van der Waals surface area (Å²) in [4.78, 5) is 7.08. The molecule has 1 aromatic carbocycles. The molecular weight excluding hydrogens is 296 g/mol. The van der Waals surface area contributed by atoms with Crippen molar-refractivity contribution in [2.24, 2.45) is 0 Å². The highest BCUT2D eigenvalue weighted by Gasteiger charge is 2.22. The van der Waals surface area contributed by atoms with Gasteiger partial charge in [-0.15, -0.1) is 0 Å². The van der Waals surface area contributed by atoms with E-state index in [4.69, 9.17) is 0 Å². The van der Waals surface area contributed by atoms with Crippen LogP contribution < -0.4 is 5.32 Å². The van der Waals surface area contributed by atoms with Crippen LogP contribution in [0.2, 0.25) is 0 Å². The zero-order valence-corrected chi connectivity index (χ0v) is 14.2. The largest absolute Gasteiger partial charge is 0.307 e. The highest BCUT2D eigenvalue weighted by molar-refractivity contribution is 5.48. The SMILES string of the molecule is Cc1cccn2c(CNC3CCN(Cc4ccccc4)C3)cnc12. The summed E-state index contributed by atoms with van der Waals surface area (Å²) < 4.78 is 2.19. The lowest BCUT2D eigenvalue weighted by Crippen LogP contribution is -2.32. The number of hydrogen-bond donors (Lipinski definition) is 1. The number of pyridine rings is 1. The van der Waals surface area contributed by atoms with Gasteiger partial charge in [0.1, 0.15) is 5.65 Å². The highest BCUT2D eigenvalue weighted by atomic mass is 15.2. The maximum Gasteiger partial charge on any atom is 0.139 e. The molecule has 4 heteroatoms. The molecule has 2 aromatic heterocycles. The zero-order valence-electron chi connectivity index (χ0n) is 14.2. The first-order chi connectivity index (χ1) is 11.8. The van der Waals surface area contributed by atoms with Crippen molar-refractivity contribution in [3.05, 3.63) is 71.7 Å². The van der Waals surface area contributed by atoms with Crippen LogP contribution in [0.1, 0.15) is 23.2 Å². The number of hydrogen-bond acceptors (Lipinski definition) is 3. The quantitative estimate of drug-likeness (QED) is 0.784. The molecule has 4 nitrogen and oxygen atoms in total. The average molecular weight is 320 g/mol. The van der Waals surface area contributed by atoms with Crippen molar-refractivity contribution in [1.82, 2.24) is 19.6 Å². The Morgan fingerprint density at radius 1 is 1.17 bits per heavy atom. The molecule has 124 valence electrons. The molecule has 1 atom stereocenters. The second kappa shape index (κ2) is 6.75. The van der Waals surface area contributed by atoms with Gasteiger partial charge in [0.2, 0.25) is 0 Å². The van der Waals surface area contributed by atoms with Crippen LogP contribution in [0.3, 0.4) is 0 Å². The number of aryl methyl sites for hydroxylation is 1. The normalized spacial score (nSPS) is 18.5. The van der Waals surface area contributed by atoms with E-state index in [2.05, 4.69) is 75.2 Å². The highest BCUT2D eigenvalue weighted by Crippen LogP contribution is 2.15. The number of imidazole rings is 1. The van der Waals surface area contributed by atoms with Crippen LogP contribution in [-0.4, -0.2) is 33.4 Å². The van der Waals surface area contributed by atoms with Gasteiger partial charge in [-0.3, -0.25) is 4.90 Å². The van der Waals surface area contributed by atoms with E-state index in [1.165, 1.54) is 29.8 Å². The molecule has 1 aliphatic heterocycles. The standard InChI is InChI=1S/C20H24N4/c1-16-6-5-10-24-19(13-22-20(16)24)12-21-18-9-11-23(15-18)14-17-7-3-2-4-8-17/h2-8,10,13,18,21H,9,11-12,14-15H2,1H3. The summed E-state index contributed by atoms with van der Waals surface area (Å²) in [5, 5.41) is 3.71. The van der Waals surface area contributed by atoms with E-state index in [9.17, 15) is 0 Å². The summed E-state index contributed by atoms with van der Waals surface area (Å²) in [5.74, 6) is 0. The molecule has 3 aromatic rings. The molecule has 0 amide bonds. The second-order valence-corrected chi connectivity index (χ2v) is 6.72. The minimum atomic E-state index is 0.559. The number of aromatic nitrogens is 2. The summed E-state index contributed by atoms with van der Waals surface area (Å²) >= 11 is 0. The van der Waals surface area contributed by atoms with Gasteiger partial charge in [-0.2, -0.15) is 0 Å². The summed E-state index contributed by atoms with van der Waals surface area (Å²) in [6.07, 6.45) is 5.30. The Morgan fingerprint density at radius 2 is 2.04 bits per heavy atom. The van der Waals surface area contributed by atoms with E-state index in [-0.39, 0.29) is 0 Å². The van der Waals surface area contributed by atoms with Gasteiger partial charge in [0.25, 0.3) is 0 Å². The van der Waals surface area contributed by atoms with Crippen LogP contribution in [0, 0.1) is 6.92 Å². The molecule has 1 unspecified atom stereocenters. The van der Waals surface area contributed by atoms with E-state index in [0.29, 0.717) is 6.04 Å². The van der Waals surface area contributed by atoms with Crippen LogP contribution in [0.5, 0.6) is 0 Å². The summed E-state index contributed by atoms with van der Waals surface area (Å²) in [5.41, 5.74) is 4.91.